The Morgan fingerprint density at radius 1 is 1.22 bits per heavy atom. The van der Waals surface area contributed by atoms with Crippen LogP contribution in [0.3, 0.4) is 0 Å². The number of aliphatic hydroxyl groups excluding tert-OH is 1. The van der Waals surface area contributed by atoms with Crippen LogP contribution in [-0.4, -0.2) is 42.2 Å². The van der Waals surface area contributed by atoms with Crippen molar-refractivity contribution in [3.05, 3.63) is 29.8 Å². The summed E-state index contributed by atoms with van der Waals surface area (Å²) in [5.74, 6) is 0.677. The van der Waals surface area contributed by atoms with Crippen molar-refractivity contribution in [2.75, 3.05) is 26.3 Å². The van der Waals surface area contributed by atoms with Crippen LogP contribution in [0.2, 0.25) is 0 Å². The smallest absolute Gasteiger partial charge is 0.260 e. The van der Waals surface area contributed by atoms with Gasteiger partial charge in [0.05, 0.1) is 0 Å². The van der Waals surface area contributed by atoms with Gasteiger partial charge in [0.15, 0.2) is 6.61 Å². The van der Waals surface area contributed by atoms with E-state index in [1.807, 2.05) is 38.1 Å². The van der Waals surface area contributed by atoms with Crippen molar-refractivity contribution in [3.63, 3.8) is 0 Å². The summed E-state index contributed by atoms with van der Waals surface area (Å²) in [6, 6.07) is 7.43. The number of amides is 1. The first-order valence-corrected chi connectivity index (χ1v) is 6.31. The van der Waals surface area contributed by atoms with Gasteiger partial charge in [-0.2, -0.15) is 0 Å². The molecule has 1 N–H and O–H groups in total. The van der Waals surface area contributed by atoms with Gasteiger partial charge in [-0.15, -0.1) is 0 Å². The molecule has 0 aliphatic rings. The lowest BCUT2D eigenvalue weighted by Crippen LogP contribution is -2.34. The molecule has 0 unspecified atom stereocenters. The molecule has 0 aliphatic carbocycles. The van der Waals surface area contributed by atoms with Crippen molar-refractivity contribution in [2.24, 2.45) is 0 Å². The van der Waals surface area contributed by atoms with E-state index in [4.69, 9.17) is 9.84 Å². The van der Waals surface area contributed by atoms with Gasteiger partial charge in [-0.25, -0.2) is 0 Å². The van der Waals surface area contributed by atoms with E-state index in [1.165, 1.54) is 0 Å². The fraction of sp³-hybridized carbons (Fsp3) is 0.500. The van der Waals surface area contributed by atoms with Crippen LogP contribution in [0.25, 0.3) is 0 Å². The number of benzene rings is 1. The molecule has 0 aliphatic heterocycles. The highest BCUT2D eigenvalue weighted by Gasteiger charge is 2.09. The van der Waals surface area contributed by atoms with Gasteiger partial charge < -0.3 is 14.7 Å². The number of rotatable bonds is 7. The molecule has 100 valence electrons. The molecule has 0 saturated heterocycles. The summed E-state index contributed by atoms with van der Waals surface area (Å²) in [5, 5.41) is 8.80. The first-order valence-electron chi connectivity index (χ1n) is 6.31. The van der Waals surface area contributed by atoms with E-state index in [2.05, 4.69) is 0 Å². The van der Waals surface area contributed by atoms with Gasteiger partial charge in [0.2, 0.25) is 0 Å². The number of ether oxygens (including phenoxy) is 1. The number of likely N-dealkylation sites (N-methyl/N-ethyl adjacent to an activating group) is 1. The Balaban J connectivity index is 2.45. The van der Waals surface area contributed by atoms with Gasteiger partial charge in [-0.1, -0.05) is 12.1 Å². The van der Waals surface area contributed by atoms with Gasteiger partial charge in [0.1, 0.15) is 5.75 Å². The van der Waals surface area contributed by atoms with Crippen LogP contribution in [0.1, 0.15) is 19.4 Å². The predicted molar refractivity (Wildman–Crippen MR) is 70.7 cm³/mol. The lowest BCUT2D eigenvalue weighted by atomic mass is 10.1. The van der Waals surface area contributed by atoms with Crippen LogP contribution in [0.15, 0.2) is 24.3 Å². The summed E-state index contributed by atoms with van der Waals surface area (Å²) in [7, 11) is 0. The molecule has 4 nitrogen and oxygen atoms in total. The quantitative estimate of drug-likeness (QED) is 0.798. The highest BCUT2D eigenvalue weighted by atomic mass is 16.5. The Bertz CT molecular complexity index is 358. The van der Waals surface area contributed by atoms with Crippen molar-refractivity contribution < 1.29 is 14.6 Å². The fourth-order valence-electron chi connectivity index (χ4n) is 1.69. The molecule has 18 heavy (non-hydrogen) atoms. The minimum atomic E-state index is -0.000523. The first-order chi connectivity index (χ1) is 8.71. The molecule has 4 heteroatoms. The molecule has 1 rings (SSSR count). The number of hydrogen-bond acceptors (Lipinski definition) is 3. The number of carbonyl (C=O) groups excluding carboxylic acids is 1. The highest BCUT2D eigenvalue weighted by molar-refractivity contribution is 5.77. The van der Waals surface area contributed by atoms with Crippen molar-refractivity contribution in [1.82, 2.24) is 4.90 Å². The van der Waals surface area contributed by atoms with Crippen molar-refractivity contribution in [1.29, 1.82) is 0 Å². The Kier molecular flexibility index (Phi) is 6.22. The van der Waals surface area contributed by atoms with Crippen LogP contribution < -0.4 is 4.74 Å². The summed E-state index contributed by atoms with van der Waals surface area (Å²) in [4.78, 5) is 13.5. The normalized spacial score (nSPS) is 10.2. The molecule has 0 saturated carbocycles. The third-order valence-electron chi connectivity index (χ3n) is 2.80. The Hall–Kier alpha value is -1.55. The second-order valence-electron chi connectivity index (χ2n) is 3.97. The monoisotopic (exact) mass is 251 g/mol. The lowest BCUT2D eigenvalue weighted by Gasteiger charge is -2.18. The Morgan fingerprint density at radius 3 is 2.33 bits per heavy atom. The lowest BCUT2D eigenvalue weighted by molar-refractivity contribution is -0.132. The highest BCUT2D eigenvalue weighted by Crippen LogP contribution is 2.12. The van der Waals surface area contributed by atoms with Crippen LogP contribution in [0, 0.1) is 0 Å². The number of carbonyl (C=O) groups is 1. The van der Waals surface area contributed by atoms with E-state index in [-0.39, 0.29) is 19.1 Å². The molecule has 1 aromatic rings. The number of nitrogens with zero attached hydrogens (tertiary/aromatic N) is 1. The maximum absolute atomic E-state index is 11.7. The average Bonchev–Trinajstić information content (AvgIpc) is 2.40. The zero-order chi connectivity index (χ0) is 13.4. The second-order valence-corrected chi connectivity index (χ2v) is 3.97. The van der Waals surface area contributed by atoms with E-state index >= 15 is 0 Å². The molecule has 0 radical (unpaired) electrons. The molecule has 1 amide bonds. The third-order valence-corrected chi connectivity index (χ3v) is 2.80. The van der Waals surface area contributed by atoms with Crippen LogP contribution >= 0.6 is 0 Å². The van der Waals surface area contributed by atoms with Gasteiger partial charge in [0, 0.05) is 19.7 Å². The standard InChI is InChI=1S/C14H21NO3/c1-3-15(4-2)14(17)11-18-13-7-5-12(6-8-13)9-10-16/h5-8,16H,3-4,9-11H2,1-2H3. The summed E-state index contributed by atoms with van der Waals surface area (Å²) < 4.78 is 5.43. The minimum Gasteiger partial charge on any atom is -0.484 e. The van der Waals surface area contributed by atoms with E-state index < -0.39 is 0 Å². The summed E-state index contributed by atoms with van der Waals surface area (Å²) >= 11 is 0. The molecule has 0 aromatic heterocycles. The van der Waals surface area contributed by atoms with Gasteiger partial charge in [-0.3, -0.25) is 4.79 Å². The van der Waals surface area contributed by atoms with Crippen LogP contribution in [0.4, 0.5) is 0 Å². The van der Waals surface area contributed by atoms with Crippen molar-refractivity contribution >= 4 is 5.91 Å². The molecular formula is C14H21NO3. The van der Waals surface area contributed by atoms with E-state index in [1.54, 1.807) is 4.90 Å². The molecule has 0 spiro atoms. The molecule has 0 atom stereocenters. The molecule has 0 bridgehead atoms. The summed E-state index contributed by atoms with van der Waals surface area (Å²) in [6.07, 6.45) is 0.638. The van der Waals surface area contributed by atoms with Crippen molar-refractivity contribution in [2.45, 2.75) is 20.3 Å². The first kappa shape index (κ1) is 14.5. The maximum atomic E-state index is 11.7. The number of aliphatic hydroxyl groups is 1. The van der Waals surface area contributed by atoms with Crippen molar-refractivity contribution in [3.8, 4) is 5.75 Å². The third kappa shape index (κ3) is 4.37. The van der Waals surface area contributed by atoms with Crippen LogP contribution in [-0.2, 0) is 11.2 Å². The molecule has 1 aromatic carbocycles. The summed E-state index contributed by atoms with van der Waals surface area (Å²) in [6.45, 7) is 5.51. The van der Waals surface area contributed by atoms with Gasteiger partial charge in [0.25, 0.3) is 5.91 Å². The minimum absolute atomic E-state index is 0.000523. The zero-order valence-electron chi connectivity index (χ0n) is 11.1. The SMILES string of the molecule is CCN(CC)C(=O)COc1ccc(CCO)cc1. The average molecular weight is 251 g/mol. The number of hydrogen-bond donors (Lipinski definition) is 1. The topological polar surface area (TPSA) is 49.8 Å². The van der Waals surface area contributed by atoms with Gasteiger partial charge >= 0.3 is 0 Å². The van der Waals surface area contributed by atoms with E-state index in [0.29, 0.717) is 25.3 Å². The second kappa shape index (κ2) is 7.71. The van der Waals surface area contributed by atoms with E-state index in [0.717, 1.165) is 5.56 Å². The maximum Gasteiger partial charge on any atom is 0.260 e. The predicted octanol–water partition coefficient (Wildman–Crippen LogP) is 1.47. The molecule has 0 heterocycles. The molecular weight excluding hydrogens is 230 g/mol. The zero-order valence-corrected chi connectivity index (χ0v) is 11.1. The summed E-state index contributed by atoms with van der Waals surface area (Å²) in [5.41, 5.74) is 1.06. The Morgan fingerprint density at radius 2 is 1.83 bits per heavy atom. The van der Waals surface area contributed by atoms with Gasteiger partial charge in [-0.05, 0) is 38.0 Å². The Labute approximate surface area is 108 Å². The largest absolute Gasteiger partial charge is 0.484 e. The molecule has 0 fully saturated rings. The van der Waals surface area contributed by atoms with Crippen LogP contribution in [0.5, 0.6) is 5.75 Å². The van der Waals surface area contributed by atoms with E-state index in [9.17, 15) is 4.79 Å². The fourth-order valence-corrected chi connectivity index (χ4v) is 1.69.